The van der Waals surface area contributed by atoms with Crippen molar-refractivity contribution in [3.63, 3.8) is 0 Å². The maximum atomic E-state index is 11.3. The number of hydrogen-bond acceptors (Lipinski definition) is 8. The average molecular weight is 285 g/mol. The Morgan fingerprint density at radius 1 is 1.35 bits per heavy atom. The van der Waals surface area contributed by atoms with Crippen molar-refractivity contribution in [1.29, 1.82) is 0 Å². The third kappa shape index (κ3) is 5.67. The number of esters is 1. The molecule has 0 aliphatic carbocycles. The first-order chi connectivity index (χ1) is 9.52. The quantitative estimate of drug-likeness (QED) is 0.294. The minimum atomic E-state index is -0.622. The predicted octanol–water partition coefficient (Wildman–Crippen LogP) is 0.969. The van der Waals surface area contributed by atoms with E-state index in [9.17, 15) is 9.90 Å². The highest BCUT2D eigenvalue weighted by Gasteiger charge is 2.02. The molecule has 0 aliphatic heterocycles. The van der Waals surface area contributed by atoms with Gasteiger partial charge in [0, 0.05) is 6.08 Å². The van der Waals surface area contributed by atoms with Crippen molar-refractivity contribution >= 4 is 12.0 Å². The predicted molar refractivity (Wildman–Crippen MR) is 66.0 cm³/mol. The molecule has 0 unspecified atom stereocenters. The van der Waals surface area contributed by atoms with Crippen LogP contribution < -0.4 is 4.74 Å². The second-order valence-corrected chi connectivity index (χ2v) is 3.52. The number of phenols is 1. The monoisotopic (exact) mass is 285 g/mol. The molecule has 1 rings (SSSR count). The Morgan fingerprint density at radius 2 is 2.10 bits per heavy atom. The van der Waals surface area contributed by atoms with Crippen LogP contribution in [-0.2, 0) is 14.4 Å². The van der Waals surface area contributed by atoms with Crippen LogP contribution in [0, 0.1) is 0 Å². The Labute approximate surface area is 114 Å². The zero-order valence-electron chi connectivity index (χ0n) is 10.7. The molecule has 3 N–H and O–H groups in total. The molecule has 20 heavy (non-hydrogen) atoms. The molecular formula is C12H15NO7. The summed E-state index contributed by atoms with van der Waals surface area (Å²) in [6.07, 6.45) is 2.66. The van der Waals surface area contributed by atoms with Gasteiger partial charge in [-0.25, -0.2) is 9.63 Å². The van der Waals surface area contributed by atoms with E-state index in [0.717, 1.165) is 0 Å². The van der Waals surface area contributed by atoms with Crippen LogP contribution in [0.25, 0.3) is 6.08 Å². The maximum absolute atomic E-state index is 11.3. The number of benzene rings is 1. The van der Waals surface area contributed by atoms with Gasteiger partial charge in [-0.1, -0.05) is 6.07 Å². The number of carbonyl (C=O) groups is 1. The normalized spacial score (nSPS) is 11.0. The minimum Gasteiger partial charge on any atom is -0.504 e. The second-order valence-electron chi connectivity index (χ2n) is 3.52. The van der Waals surface area contributed by atoms with Crippen LogP contribution in [0.4, 0.5) is 0 Å². The summed E-state index contributed by atoms with van der Waals surface area (Å²) in [5, 5.41) is 25.4. The summed E-state index contributed by atoms with van der Waals surface area (Å²) < 4.78 is 9.64. The third-order valence-corrected chi connectivity index (χ3v) is 2.15. The van der Waals surface area contributed by atoms with Gasteiger partial charge in [-0.3, -0.25) is 10.4 Å². The Kier molecular flexibility index (Phi) is 6.47. The molecule has 0 aliphatic rings. The van der Waals surface area contributed by atoms with Gasteiger partial charge in [0.05, 0.1) is 12.5 Å². The number of phenolic OH excluding ortho intramolecular Hbond substituents is 1. The lowest BCUT2D eigenvalue weighted by Crippen LogP contribution is -2.18. The molecule has 1 aromatic rings. The van der Waals surface area contributed by atoms with E-state index in [2.05, 4.69) is 4.84 Å². The fourth-order valence-electron chi connectivity index (χ4n) is 1.27. The Bertz CT molecular complexity index is 473. The number of ether oxygens (including phenoxy) is 2. The number of carbonyl (C=O) groups excluding carboxylic acids is 1. The SMILES string of the molecule is COc1cc(/C=C/C(=O)OCCON(O)O)ccc1O. The molecule has 0 amide bonds. The van der Waals surface area contributed by atoms with E-state index >= 15 is 0 Å². The Hall–Kier alpha value is -2.13. The molecule has 0 fully saturated rings. The van der Waals surface area contributed by atoms with E-state index in [1.807, 2.05) is 0 Å². The summed E-state index contributed by atoms with van der Waals surface area (Å²) in [7, 11) is 1.42. The fraction of sp³-hybridized carbons (Fsp3) is 0.250. The molecule has 1 aromatic carbocycles. The number of nitrogens with zero attached hydrogens (tertiary/aromatic N) is 1. The second kappa shape index (κ2) is 8.12. The lowest BCUT2D eigenvalue weighted by Gasteiger charge is -2.06. The van der Waals surface area contributed by atoms with Crippen LogP contribution in [0.1, 0.15) is 5.56 Å². The summed E-state index contributed by atoms with van der Waals surface area (Å²) in [6.45, 7) is -0.334. The lowest BCUT2D eigenvalue weighted by atomic mass is 10.2. The lowest BCUT2D eigenvalue weighted by molar-refractivity contribution is -0.493. The number of hydrogen-bond donors (Lipinski definition) is 3. The summed E-state index contributed by atoms with van der Waals surface area (Å²) in [5.74, 6) is -0.329. The fourth-order valence-corrected chi connectivity index (χ4v) is 1.27. The molecule has 0 saturated heterocycles. The topological polar surface area (TPSA) is 109 Å². The van der Waals surface area contributed by atoms with Crippen LogP contribution in [-0.4, -0.2) is 47.2 Å². The van der Waals surface area contributed by atoms with Gasteiger partial charge in [0.1, 0.15) is 13.2 Å². The van der Waals surface area contributed by atoms with E-state index in [-0.39, 0.29) is 19.0 Å². The molecule has 8 nitrogen and oxygen atoms in total. The molecule has 8 heteroatoms. The highest BCUT2D eigenvalue weighted by atomic mass is 17.1. The zero-order valence-corrected chi connectivity index (χ0v) is 10.7. The van der Waals surface area contributed by atoms with Gasteiger partial charge in [0.15, 0.2) is 11.5 Å². The first kappa shape index (κ1) is 15.9. The summed E-state index contributed by atoms with van der Waals surface area (Å²) >= 11 is 0. The van der Waals surface area contributed by atoms with Gasteiger partial charge in [-0.2, -0.15) is 0 Å². The highest BCUT2D eigenvalue weighted by molar-refractivity contribution is 5.87. The largest absolute Gasteiger partial charge is 0.504 e. The first-order valence-corrected chi connectivity index (χ1v) is 5.55. The standard InChI is InChI=1S/C12H15NO7/c1-18-11-8-9(2-4-10(11)14)3-5-12(15)19-6-7-20-13(16)17/h2-5,8,14,16-17H,6-7H2,1H3/b5-3+. The summed E-state index contributed by atoms with van der Waals surface area (Å²) in [4.78, 5) is 15.5. The van der Waals surface area contributed by atoms with Crippen molar-refractivity contribution < 1.29 is 34.6 Å². The van der Waals surface area contributed by atoms with E-state index in [4.69, 9.17) is 19.9 Å². The van der Waals surface area contributed by atoms with Gasteiger partial charge < -0.3 is 14.6 Å². The van der Waals surface area contributed by atoms with Crippen LogP contribution in [0.3, 0.4) is 0 Å². The van der Waals surface area contributed by atoms with Crippen LogP contribution in [0.5, 0.6) is 11.5 Å². The zero-order chi connectivity index (χ0) is 15.0. The van der Waals surface area contributed by atoms with Crippen LogP contribution in [0.15, 0.2) is 24.3 Å². The van der Waals surface area contributed by atoms with Gasteiger partial charge >= 0.3 is 5.97 Å². The Balaban J connectivity index is 2.45. The smallest absolute Gasteiger partial charge is 0.330 e. The van der Waals surface area contributed by atoms with Crippen molar-refractivity contribution in [2.24, 2.45) is 0 Å². The third-order valence-electron chi connectivity index (χ3n) is 2.15. The molecular weight excluding hydrogens is 270 g/mol. The molecule has 0 atom stereocenters. The van der Waals surface area contributed by atoms with E-state index < -0.39 is 11.4 Å². The van der Waals surface area contributed by atoms with Crippen molar-refractivity contribution in [2.45, 2.75) is 0 Å². The van der Waals surface area contributed by atoms with Crippen molar-refractivity contribution in [1.82, 2.24) is 5.39 Å². The molecule has 0 radical (unpaired) electrons. The van der Waals surface area contributed by atoms with Gasteiger partial charge in [0.2, 0.25) is 0 Å². The van der Waals surface area contributed by atoms with Gasteiger partial charge in [-0.15, -0.1) is 0 Å². The first-order valence-electron chi connectivity index (χ1n) is 5.55. The van der Waals surface area contributed by atoms with Crippen molar-refractivity contribution in [3.8, 4) is 11.5 Å². The van der Waals surface area contributed by atoms with E-state index in [0.29, 0.717) is 11.3 Å². The van der Waals surface area contributed by atoms with Crippen LogP contribution in [0.2, 0.25) is 0 Å². The number of rotatable bonds is 7. The van der Waals surface area contributed by atoms with E-state index in [1.165, 1.54) is 25.3 Å². The Morgan fingerprint density at radius 3 is 2.75 bits per heavy atom. The average Bonchev–Trinajstić information content (AvgIpc) is 2.42. The van der Waals surface area contributed by atoms with Crippen LogP contribution >= 0.6 is 0 Å². The van der Waals surface area contributed by atoms with Crippen molar-refractivity contribution in [3.05, 3.63) is 29.8 Å². The van der Waals surface area contributed by atoms with Crippen molar-refractivity contribution in [2.75, 3.05) is 20.3 Å². The molecule has 0 spiro atoms. The minimum absolute atomic E-state index is 0.00179. The molecule has 110 valence electrons. The molecule has 0 heterocycles. The molecule has 0 bridgehead atoms. The number of methoxy groups -OCH3 is 1. The van der Waals surface area contributed by atoms with Gasteiger partial charge in [0.25, 0.3) is 0 Å². The molecule has 0 aromatic heterocycles. The summed E-state index contributed by atoms with van der Waals surface area (Å²) in [6, 6.07) is 4.59. The number of aromatic hydroxyl groups is 1. The van der Waals surface area contributed by atoms with E-state index in [1.54, 1.807) is 12.1 Å². The molecule has 0 saturated carbocycles. The highest BCUT2D eigenvalue weighted by Crippen LogP contribution is 2.26. The summed E-state index contributed by atoms with van der Waals surface area (Å²) in [5.41, 5.74) is 0.643. The maximum Gasteiger partial charge on any atom is 0.330 e. The van der Waals surface area contributed by atoms with Gasteiger partial charge in [-0.05, 0) is 23.8 Å².